The molecule has 0 saturated heterocycles. The minimum Gasteiger partial charge on any atom is -0.474 e. The Kier molecular flexibility index (Phi) is 2.67. The van der Waals surface area contributed by atoms with Crippen molar-refractivity contribution in [3.05, 3.63) is 0 Å². The number of carboxylic acid groups (broad SMARTS) is 1. The number of rotatable bonds is 2. The first kappa shape index (κ1) is 10.5. The summed E-state index contributed by atoms with van der Waals surface area (Å²) < 4.78 is 0. The van der Waals surface area contributed by atoms with Gasteiger partial charge in [-0.3, -0.25) is 4.79 Å². The Hall–Kier alpha value is -1.06. The number of nitrogens with zero attached hydrogens (tertiary/aromatic N) is 1. The first-order valence-corrected chi connectivity index (χ1v) is 5.56. The molecular weight excluding hydrogens is 194 g/mol. The fourth-order valence-corrected chi connectivity index (χ4v) is 3.20. The van der Waals surface area contributed by atoms with Gasteiger partial charge in [0.05, 0.1) is 0 Å². The van der Waals surface area contributed by atoms with Crippen LogP contribution >= 0.6 is 0 Å². The molecule has 4 nitrogen and oxygen atoms in total. The summed E-state index contributed by atoms with van der Waals surface area (Å²) in [5.74, 6) is -0.0112. The molecule has 2 rings (SSSR count). The largest absolute Gasteiger partial charge is 0.474 e. The maximum Gasteiger partial charge on any atom is 0.394 e. The van der Waals surface area contributed by atoms with Crippen LogP contribution in [0.2, 0.25) is 0 Å². The summed E-state index contributed by atoms with van der Waals surface area (Å²) in [4.78, 5) is 23.0. The van der Waals surface area contributed by atoms with Gasteiger partial charge in [-0.15, -0.1) is 0 Å². The Balaban J connectivity index is 1.87. The van der Waals surface area contributed by atoms with Gasteiger partial charge in [0.15, 0.2) is 0 Å². The Bertz CT molecular complexity index is 290. The molecule has 84 valence electrons. The molecule has 2 bridgehead atoms. The standard InChI is InChI=1S/C11H17NO3/c1-12(10(13)11(14)15)6-9-5-7-2-3-8(9)4-7/h7-9H,2-6H2,1H3,(H,14,15). The third kappa shape index (κ3) is 1.98. The number of hydrogen-bond acceptors (Lipinski definition) is 2. The van der Waals surface area contributed by atoms with Gasteiger partial charge in [-0.1, -0.05) is 6.42 Å². The van der Waals surface area contributed by atoms with Gasteiger partial charge in [-0.2, -0.15) is 0 Å². The third-order valence-electron chi connectivity index (χ3n) is 3.92. The van der Waals surface area contributed by atoms with E-state index in [0.717, 1.165) is 11.8 Å². The molecule has 2 aliphatic rings. The number of carbonyl (C=O) groups excluding carboxylic acids is 1. The fraction of sp³-hybridized carbons (Fsp3) is 0.818. The average molecular weight is 211 g/mol. The molecule has 0 spiro atoms. The number of carbonyl (C=O) groups is 2. The maximum absolute atomic E-state index is 11.2. The molecule has 15 heavy (non-hydrogen) atoms. The quantitative estimate of drug-likeness (QED) is 0.692. The van der Waals surface area contributed by atoms with Crippen LogP contribution in [0.3, 0.4) is 0 Å². The van der Waals surface area contributed by atoms with E-state index in [2.05, 4.69) is 0 Å². The van der Waals surface area contributed by atoms with Crippen LogP contribution in [-0.2, 0) is 9.59 Å². The Labute approximate surface area is 89.3 Å². The lowest BCUT2D eigenvalue weighted by molar-refractivity contribution is -0.155. The second kappa shape index (κ2) is 3.83. The number of carboxylic acids is 1. The summed E-state index contributed by atoms with van der Waals surface area (Å²) in [6, 6.07) is 0. The molecule has 0 aromatic rings. The van der Waals surface area contributed by atoms with Gasteiger partial charge in [-0.05, 0) is 37.0 Å². The highest BCUT2D eigenvalue weighted by Gasteiger charge is 2.40. The highest BCUT2D eigenvalue weighted by Crippen LogP contribution is 2.48. The van der Waals surface area contributed by atoms with Crippen LogP contribution in [0, 0.1) is 17.8 Å². The Morgan fingerprint density at radius 2 is 2.07 bits per heavy atom. The molecule has 0 aromatic heterocycles. The van der Waals surface area contributed by atoms with Gasteiger partial charge in [0.2, 0.25) is 0 Å². The average Bonchev–Trinajstić information content (AvgIpc) is 2.77. The van der Waals surface area contributed by atoms with E-state index in [9.17, 15) is 9.59 Å². The first-order valence-electron chi connectivity index (χ1n) is 5.56. The molecule has 0 radical (unpaired) electrons. The van der Waals surface area contributed by atoms with Crippen LogP contribution in [0.4, 0.5) is 0 Å². The topological polar surface area (TPSA) is 57.6 Å². The number of aliphatic carboxylic acids is 1. The van der Waals surface area contributed by atoms with Crippen molar-refractivity contribution >= 4 is 11.9 Å². The molecule has 3 atom stereocenters. The lowest BCUT2D eigenvalue weighted by atomic mass is 9.88. The Morgan fingerprint density at radius 1 is 1.33 bits per heavy atom. The summed E-state index contributed by atoms with van der Waals surface area (Å²) in [6.07, 6.45) is 5.07. The minimum absolute atomic E-state index is 0.539. The van der Waals surface area contributed by atoms with E-state index in [0.29, 0.717) is 12.5 Å². The van der Waals surface area contributed by atoms with Crippen LogP contribution in [0.25, 0.3) is 0 Å². The van der Waals surface area contributed by atoms with Crippen LogP contribution in [0.1, 0.15) is 25.7 Å². The second-order valence-electron chi connectivity index (χ2n) is 4.93. The second-order valence-corrected chi connectivity index (χ2v) is 4.93. The van der Waals surface area contributed by atoms with Crippen molar-refractivity contribution in [2.24, 2.45) is 17.8 Å². The maximum atomic E-state index is 11.2. The van der Waals surface area contributed by atoms with Crippen molar-refractivity contribution in [3.63, 3.8) is 0 Å². The summed E-state index contributed by atoms with van der Waals surface area (Å²) in [5, 5.41) is 8.57. The fourth-order valence-electron chi connectivity index (χ4n) is 3.20. The number of hydrogen-bond donors (Lipinski definition) is 1. The van der Waals surface area contributed by atoms with Crippen molar-refractivity contribution < 1.29 is 14.7 Å². The monoisotopic (exact) mass is 211 g/mol. The molecule has 0 aromatic carbocycles. The van der Waals surface area contributed by atoms with E-state index in [1.165, 1.54) is 30.6 Å². The summed E-state index contributed by atoms with van der Waals surface area (Å²) in [7, 11) is 1.59. The van der Waals surface area contributed by atoms with Crippen molar-refractivity contribution in [1.29, 1.82) is 0 Å². The molecular formula is C11H17NO3. The third-order valence-corrected chi connectivity index (χ3v) is 3.92. The minimum atomic E-state index is -1.35. The molecule has 4 heteroatoms. The van der Waals surface area contributed by atoms with Gasteiger partial charge in [-0.25, -0.2) is 4.79 Å². The first-order chi connectivity index (χ1) is 7.08. The summed E-state index contributed by atoms with van der Waals surface area (Å²) >= 11 is 0. The zero-order valence-corrected chi connectivity index (χ0v) is 8.98. The van der Waals surface area contributed by atoms with Crippen LogP contribution in [0.15, 0.2) is 0 Å². The molecule has 1 amide bonds. The smallest absolute Gasteiger partial charge is 0.394 e. The van der Waals surface area contributed by atoms with E-state index in [4.69, 9.17) is 5.11 Å². The van der Waals surface area contributed by atoms with Gasteiger partial charge >= 0.3 is 11.9 Å². The lowest BCUT2D eigenvalue weighted by Gasteiger charge is -2.26. The summed E-state index contributed by atoms with van der Waals surface area (Å²) in [6.45, 7) is 0.617. The van der Waals surface area contributed by atoms with Crippen molar-refractivity contribution in [2.45, 2.75) is 25.7 Å². The van der Waals surface area contributed by atoms with Crippen molar-refractivity contribution in [2.75, 3.05) is 13.6 Å². The molecule has 0 heterocycles. The number of likely N-dealkylation sites (N-methyl/N-ethyl adjacent to an activating group) is 1. The predicted octanol–water partition coefficient (Wildman–Crippen LogP) is 0.966. The van der Waals surface area contributed by atoms with E-state index >= 15 is 0 Å². The van der Waals surface area contributed by atoms with Crippen molar-refractivity contribution in [1.82, 2.24) is 4.90 Å². The van der Waals surface area contributed by atoms with Gasteiger partial charge in [0.25, 0.3) is 0 Å². The lowest BCUT2D eigenvalue weighted by Crippen LogP contribution is -2.37. The van der Waals surface area contributed by atoms with Gasteiger partial charge < -0.3 is 10.0 Å². The molecule has 1 N–H and O–H groups in total. The van der Waals surface area contributed by atoms with Crippen LogP contribution in [0.5, 0.6) is 0 Å². The highest BCUT2D eigenvalue weighted by molar-refractivity contribution is 6.31. The highest BCUT2D eigenvalue weighted by atomic mass is 16.4. The zero-order valence-electron chi connectivity index (χ0n) is 8.98. The Morgan fingerprint density at radius 3 is 2.53 bits per heavy atom. The van der Waals surface area contributed by atoms with E-state index in [1.807, 2.05) is 0 Å². The van der Waals surface area contributed by atoms with Crippen LogP contribution in [-0.4, -0.2) is 35.5 Å². The normalized spacial score (nSPS) is 33.0. The van der Waals surface area contributed by atoms with Crippen LogP contribution < -0.4 is 0 Å². The molecule has 2 fully saturated rings. The molecule has 2 saturated carbocycles. The molecule has 3 unspecified atom stereocenters. The molecule has 0 aliphatic heterocycles. The van der Waals surface area contributed by atoms with E-state index in [-0.39, 0.29) is 0 Å². The SMILES string of the molecule is CN(CC1CC2CCC1C2)C(=O)C(=O)O. The number of fused-ring (bicyclic) bond motifs is 2. The predicted molar refractivity (Wildman–Crippen MR) is 54.2 cm³/mol. The zero-order chi connectivity index (χ0) is 11.0. The van der Waals surface area contributed by atoms with Gasteiger partial charge in [0, 0.05) is 13.6 Å². The molecule has 2 aliphatic carbocycles. The van der Waals surface area contributed by atoms with Crippen molar-refractivity contribution in [3.8, 4) is 0 Å². The van der Waals surface area contributed by atoms with E-state index in [1.54, 1.807) is 7.05 Å². The number of amides is 1. The summed E-state index contributed by atoms with van der Waals surface area (Å²) in [5.41, 5.74) is 0. The van der Waals surface area contributed by atoms with E-state index < -0.39 is 11.9 Å². The van der Waals surface area contributed by atoms with Gasteiger partial charge in [0.1, 0.15) is 0 Å².